The van der Waals surface area contributed by atoms with Gasteiger partial charge in [-0.05, 0) is 77.1 Å². The molecule has 1 aromatic rings. The summed E-state index contributed by atoms with van der Waals surface area (Å²) in [4.78, 5) is 16.0. The molecular weight excluding hydrogens is 408 g/mol. The van der Waals surface area contributed by atoms with Gasteiger partial charge in [0.1, 0.15) is 4.88 Å². The van der Waals surface area contributed by atoms with Gasteiger partial charge in [0, 0.05) is 36.7 Å². The Balaban J connectivity index is 1.75. The number of carboxylic acids is 1. The van der Waals surface area contributed by atoms with E-state index in [4.69, 9.17) is 4.74 Å². The number of rotatable bonds is 4. The summed E-state index contributed by atoms with van der Waals surface area (Å²) in [6.45, 7) is 11.8. The summed E-state index contributed by atoms with van der Waals surface area (Å²) in [5.41, 5.74) is 3.50. The molecule has 0 aliphatic carbocycles. The topological polar surface area (TPSA) is 61.8 Å². The quantitative estimate of drug-likeness (QED) is 0.688. The Labute approximate surface area is 189 Å². The second kappa shape index (κ2) is 9.46. The lowest BCUT2D eigenvalue weighted by atomic mass is 9.80. The molecule has 0 amide bonds. The molecule has 0 radical (unpaired) electrons. The molecule has 4 heterocycles. The Kier molecular flexibility index (Phi) is 6.88. The summed E-state index contributed by atoms with van der Waals surface area (Å²) < 4.78 is 5.65. The molecule has 2 N–H and O–H groups in total. The van der Waals surface area contributed by atoms with Gasteiger partial charge in [0.25, 0.3) is 0 Å². The van der Waals surface area contributed by atoms with Crippen molar-refractivity contribution in [2.45, 2.75) is 52.5 Å². The third-order valence-corrected chi connectivity index (χ3v) is 7.52. The van der Waals surface area contributed by atoms with Crippen molar-refractivity contribution in [1.29, 1.82) is 0 Å². The predicted molar refractivity (Wildman–Crippen MR) is 126 cm³/mol. The third-order valence-electron chi connectivity index (χ3n) is 6.48. The fourth-order valence-electron chi connectivity index (χ4n) is 4.88. The number of piperidine rings is 1. The Morgan fingerprint density at radius 3 is 2.71 bits per heavy atom. The van der Waals surface area contributed by atoms with E-state index in [1.165, 1.54) is 22.5 Å². The van der Waals surface area contributed by atoms with E-state index in [-0.39, 0.29) is 5.41 Å². The van der Waals surface area contributed by atoms with E-state index in [2.05, 4.69) is 42.8 Å². The van der Waals surface area contributed by atoms with E-state index in [9.17, 15) is 9.90 Å². The summed E-state index contributed by atoms with van der Waals surface area (Å²) >= 11 is 1.32. The van der Waals surface area contributed by atoms with Crippen molar-refractivity contribution in [3.63, 3.8) is 0 Å². The van der Waals surface area contributed by atoms with E-state index in [0.717, 1.165) is 75.5 Å². The number of carbonyl (C=O) groups is 1. The molecule has 1 unspecified atom stereocenters. The van der Waals surface area contributed by atoms with Crippen LogP contribution in [0.15, 0.2) is 11.6 Å². The van der Waals surface area contributed by atoms with Crippen molar-refractivity contribution in [2.75, 3.05) is 39.4 Å². The molecule has 31 heavy (non-hydrogen) atoms. The Hall–Kier alpha value is -1.65. The first kappa shape index (κ1) is 22.5. The van der Waals surface area contributed by atoms with Crippen LogP contribution in [0.2, 0.25) is 0 Å². The molecule has 5 nitrogen and oxygen atoms in total. The smallest absolute Gasteiger partial charge is 0.346 e. The van der Waals surface area contributed by atoms with Crippen LogP contribution < -0.4 is 5.32 Å². The highest BCUT2D eigenvalue weighted by atomic mass is 32.1. The molecule has 1 aromatic heterocycles. The van der Waals surface area contributed by atoms with Crippen LogP contribution in [0.1, 0.15) is 66.6 Å². The number of carboxylic acid groups (broad SMARTS) is 1. The second-order valence-electron chi connectivity index (χ2n) is 9.92. The van der Waals surface area contributed by atoms with Crippen molar-refractivity contribution in [3.05, 3.63) is 27.0 Å². The summed E-state index contributed by atoms with van der Waals surface area (Å²) in [7, 11) is 0. The lowest BCUT2D eigenvalue weighted by Crippen LogP contribution is -2.41. The van der Waals surface area contributed by atoms with Crippen molar-refractivity contribution >= 4 is 22.9 Å². The molecule has 0 spiro atoms. The van der Waals surface area contributed by atoms with Crippen molar-refractivity contribution in [2.24, 2.45) is 11.3 Å². The highest BCUT2D eigenvalue weighted by Crippen LogP contribution is 2.39. The minimum absolute atomic E-state index is 0.114. The number of nitrogens with one attached hydrogen (secondary N) is 1. The van der Waals surface area contributed by atoms with Crippen LogP contribution in [0.5, 0.6) is 0 Å². The molecule has 168 valence electrons. The van der Waals surface area contributed by atoms with Crippen LogP contribution >= 0.6 is 11.3 Å². The van der Waals surface area contributed by atoms with E-state index >= 15 is 0 Å². The molecule has 0 saturated carbocycles. The Morgan fingerprint density at radius 2 is 2.06 bits per heavy atom. The normalized spacial score (nSPS) is 23.6. The van der Waals surface area contributed by atoms with Crippen LogP contribution in [-0.4, -0.2) is 61.4 Å². The minimum atomic E-state index is -0.845. The van der Waals surface area contributed by atoms with E-state index in [1.54, 1.807) is 0 Å². The molecule has 0 bridgehead atoms. The lowest BCUT2D eigenvalue weighted by Gasteiger charge is -2.38. The van der Waals surface area contributed by atoms with Crippen molar-refractivity contribution < 1.29 is 14.6 Å². The number of hydrogen-bond donors (Lipinski definition) is 2. The van der Waals surface area contributed by atoms with Crippen LogP contribution in [0.25, 0.3) is 5.57 Å². The van der Waals surface area contributed by atoms with Gasteiger partial charge < -0.3 is 15.2 Å². The van der Waals surface area contributed by atoms with Crippen LogP contribution in [0, 0.1) is 23.2 Å². The first-order valence-electron chi connectivity index (χ1n) is 11.5. The highest BCUT2D eigenvalue weighted by Gasteiger charge is 2.33. The first-order chi connectivity index (χ1) is 14.8. The Morgan fingerprint density at radius 1 is 1.29 bits per heavy atom. The monoisotopic (exact) mass is 442 g/mol. The highest BCUT2D eigenvalue weighted by molar-refractivity contribution is 7.14. The fourth-order valence-corrected chi connectivity index (χ4v) is 5.76. The first-order valence-corrected chi connectivity index (χ1v) is 12.3. The molecule has 3 aliphatic rings. The molecule has 3 aliphatic heterocycles. The largest absolute Gasteiger partial charge is 0.477 e. The van der Waals surface area contributed by atoms with E-state index in [0.29, 0.717) is 16.8 Å². The summed E-state index contributed by atoms with van der Waals surface area (Å²) in [6, 6.07) is 2.48. The molecule has 2 saturated heterocycles. The summed E-state index contributed by atoms with van der Waals surface area (Å²) in [5.74, 6) is 6.20. The Bertz CT molecular complexity index is 903. The fraction of sp³-hybridized carbons (Fsp3) is 0.640. The second-order valence-corrected chi connectivity index (χ2v) is 11.0. The zero-order chi connectivity index (χ0) is 22.0. The molecule has 6 heteroatoms. The predicted octanol–water partition coefficient (Wildman–Crippen LogP) is 4.09. The average Bonchev–Trinajstić information content (AvgIpc) is 3.42. The van der Waals surface area contributed by atoms with E-state index in [1.807, 2.05) is 6.07 Å². The molecule has 2 fully saturated rings. The number of ether oxygens (including phenoxy) is 1. The van der Waals surface area contributed by atoms with Gasteiger partial charge >= 0.3 is 5.97 Å². The molecule has 1 atom stereocenters. The van der Waals surface area contributed by atoms with Crippen molar-refractivity contribution in [1.82, 2.24) is 10.2 Å². The van der Waals surface area contributed by atoms with Gasteiger partial charge in [-0.25, -0.2) is 4.79 Å². The lowest BCUT2D eigenvalue weighted by molar-refractivity contribution is 0.0701. The average molecular weight is 443 g/mol. The number of thiophene rings is 1. The standard InChI is InChI=1S/C25H34N2O3S/c1-25(2,3)9-4-19-14-21(23(31-19)24(28)29)22-15-27(18-8-13-30-16-18)12-7-20(22)17-5-10-26-11-6-17/h14,17-18,26H,5-8,10-13,15-16H2,1-3H3,(H,28,29). The molecular formula is C25H34N2O3S. The van der Waals surface area contributed by atoms with Gasteiger partial charge in [-0.1, -0.05) is 17.4 Å². The number of hydrogen-bond acceptors (Lipinski definition) is 5. The van der Waals surface area contributed by atoms with Gasteiger partial charge in [0.05, 0.1) is 11.5 Å². The summed E-state index contributed by atoms with van der Waals surface area (Å²) in [6.07, 6.45) is 4.35. The number of nitrogens with zero attached hydrogens (tertiary/aromatic N) is 1. The van der Waals surface area contributed by atoms with Crippen molar-refractivity contribution in [3.8, 4) is 11.8 Å². The maximum atomic E-state index is 12.2. The zero-order valence-electron chi connectivity index (χ0n) is 18.9. The van der Waals surface area contributed by atoms with Gasteiger partial charge in [0.15, 0.2) is 0 Å². The van der Waals surface area contributed by atoms with Crippen LogP contribution in [-0.2, 0) is 4.74 Å². The minimum Gasteiger partial charge on any atom is -0.477 e. The van der Waals surface area contributed by atoms with E-state index < -0.39 is 5.97 Å². The van der Waals surface area contributed by atoms with Crippen LogP contribution in [0.3, 0.4) is 0 Å². The zero-order valence-corrected chi connectivity index (χ0v) is 19.7. The molecule has 0 aromatic carbocycles. The summed E-state index contributed by atoms with van der Waals surface area (Å²) in [5, 5.41) is 13.5. The maximum absolute atomic E-state index is 12.2. The van der Waals surface area contributed by atoms with Gasteiger partial charge in [-0.3, -0.25) is 4.90 Å². The maximum Gasteiger partial charge on any atom is 0.346 e. The molecule has 4 rings (SSSR count). The SMILES string of the molecule is CC(C)(C)C#Cc1cc(C2=C(C3CCNCC3)CCN(C3CCOC3)C2)c(C(=O)O)s1. The third kappa shape index (κ3) is 5.40. The van der Waals surface area contributed by atoms with Gasteiger partial charge in [-0.2, -0.15) is 0 Å². The van der Waals surface area contributed by atoms with Gasteiger partial charge in [-0.15, -0.1) is 11.3 Å². The van der Waals surface area contributed by atoms with Crippen LogP contribution in [0.4, 0.5) is 0 Å². The van der Waals surface area contributed by atoms with Gasteiger partial charge in [0.2, 0.25) is 0 Å². The number of aromatic carboxylic acids is 1.